The number of Topliss-reactive ketones (excluding diaryl/α,β-unsaturated/α-hetero) is 1. The molecule has 1 saturated heterocycles. The molecule has 1 aliphatic heterocycles. The van der Waals surface area contributed by atoms with Crippen molar-refractivity contribution >= 4 is 65.1 Å². The minimum atomic E-state index is -2.55. The van der Waals surface area contributed by atoms with Crippen molar-refractivity contribution in [1.82, 2.24) is 16.0 Å². The highest BCUT2D eigenvalue weighted by molar-refractivity contribution is 5.99. The normalized spacial score (nSPS) is 25.4. The van der Waals surface area contributed by atoms with Crippen LogP contribution >= 0.6 is 0 Å². The number of esters is 4. The van der Waals surface area contributed by atoms with E-state index < -0.39 is 168 Å². The first-order valence-corrected chi connectivity index (χ1v) is 32.7. The van der Waals surface area contributed by atoms with Crippen LogP contribution in [0.25, 0.3) is 0 Å². The van der Waals surface area contributed by atoms with E-state index in [0.29, 0.717) is 30.6 Å². The van der Waals surface area contributed by atoms with Crippen molar-refractivity contribution in [2.45, 2.75) is 186 Å². The van der Waals surface area contributed by atoms with Crippen LogP contribution in [0, 0.1) is 28.6 Å². The summed E-state index contributed by atoms with van der Waals surface area (Å²) in [5, 5.41) is 37.7. The number of carbonyl (C=O) groups excluding carboxylic acids is 10. The lowest BCUT2D eigenvalue weighted by molar-refractivity contribution is -0.346. The molecule has 4 aromatic carbocycles. The summed E-state index contributed by atoms with van der Waals surface area (Å²) in [5.41, 5.74) is 4.46. The summed E-state index contributed by atoms with van der Waals surface area (Å²) >= 11 is 0. The van der Waals surface area contributed by atoms with Crippen LogP contribution < -0.4 is 32.7 Å². The van der Waals surface area contributed by atoms with Gasteiger partial charge in [0.25, 0.3) is 5.91 Å². The SMILES string of the molecule is CC(=O)O[C@H]1C(=O)[C@@]2(C)[C@H]([C@H](OC(=O)c3ccccc3)[C@]3(O)CC(OC(=O)[C@H](OC(=O)OCc4ccc(NC(=O)[C@H](CCCCN)NC(=O)[C@H](CC(C)C)NC(=O)[C@H](N)C(C)C)cc4)C(NC(=O)c4ccccc4)c4ccccc4)C(C)=C1C3(C)C)[C@]1(OC(C)=O)CO[C@@H]1C[C@@H]2O. The minimum Gasteiger partial charge on any atom is -0.455 e. The van der Waals surface area contributed by atoms with E-state index in [0.717, 1.165) is 13.8 Å². The fraction of sp³-hybridized carbons (Fsp3) is 0.500. The molecule has 3 fully saturated rings. The number of nitrogens with two attached hydrogens (primary N) is 2. The van der Waals surface area contributed by atoms with Crippen molar-refractivity contribution in [2.24, 2.45) is 40.1 Å². The molecule has 3 aliphatic carbocycles. The van der Waals surface area contributed by atoms with Gasteiger partial charge in [-0.3, -0.25) is 33.6 Å². The molecule has 0 radical (unpaired) electrons. The van der Waals surface area contributed by atoms with Crippen molar-refractivity contribution in [1.29, 1.82) is 0 Å². The Kier molecular flexibility index (Phi) is 23.7. The van der Waals surface area contributed by atoms with Crippen molar-refractivity contribution in [3.8, 4) is 0 Å². The van der Waals surface area contributed by atoms with E-state index in [9.17, 15) is 48.6 Å². The van der Waals surface area contributed by atoms with Gasteiger partial charge in [-0.2, -0.15) is 0 Å². The Morgan fingerprint density at radius 2 is 1.34 bits per heavy atom. The molecular formula is C72H90N6O19. The number of nitrogens with one attached hydrogen (secondary N) is 4. The van der Waals surface area contributed by atoms with Gasteiger partial charge in [0, 0.05) is 43.4 Å². The number of anilines is 1. The van der Waals surface area contributed by atoms with E-state index in [2.05, 4.69) is 21.3 Å². The Bertz CT molecular complexity index is 3570. The average molecular weight is 1340 g/mol. The first-order chi connectivity index (χ1) is 45.9. The number of aliphatic hydroxyl groups excluding tert-OH is 1. The number of fused-ring (bicyclic) bond motifs is 5. The van der Waals surface area contributed by atoms with E-state index in [-0.39, 0.29) is 58.9 Å². The number of amides is 4. The van der Waals surface area contributed by atoms with Crippen molar-refractivity contribution in [3.63, 3.8) is 0 Å². The van der Waals surface area contributed by atoms with Gasteiger partial charge in [-0.25, -0.2) is 14.4 Å². The Balaban J connectivity index is 1.13. The highest BCUT2D eigenvalue weighted by atomic mass is 16.7. The average Bonchev–Trinajstić information content (AvgIpc) is 0.669. The van der Waals surface area contributed by atoms with Gasteiger partial charge in [-0.05, 0) is 117 Å². The molecule has 97 heavy (non-hydrogen) atoms. The van der Waals surface area contributed by atoms with E-state index in [1.54, 1.807) is 80.6 Å². The predicted octanol–water partition coefficient (Wildman–Crippen LogP) is 6.16. The summed E-state index contributed by atoms with van der Waals surface area (Å²) in [6.07, 6.45) is -11.4. The summed E-state index contributed by atoms with van der Waals surface area (Å²) in [7, 11) is 0. The Morgan fingerprint density at radius 1 is 0.732 bits per heavy atom. The van der Waals surface area contributed by atoms with Crippen molar-refractivity contribution in [2.75, 3.05) is 18.5 Å². The summed E-state index contributed by atoms with van der Waals surface area (Å²) < 4.78 is 42.7. The smallest absolute Gasteiger partial charge is 0.455 e. The number of aliphatic hydroxyl groups is 2. The fourth-order valence-corrected chi connectivity index (χ4v) is 13.8. The molecule has 4 aromatic rings. The van der Waals surface area contributed by atoms with E-state index in [4.69, 9.17) is 44.6 Å². The molecular weight excluding hydrogens is 1250 g/mol. The third-order valence-corrected chi connectivity index (χ3v) is 19.2. The van der Waals surface area contributed by atoms with Crippen LogP contribution in [0.4, 0.5) is 10.5 Å². The molecule has 8 rings (SSSR count). The van der Waals surface area contributed by atoms with Gasteiger partial charge in [-0.1, -0.05) is 120 Å². The molecule has 2 bridgehead atoms. The van der Waals surface area contributed by atoms with Gasteiger partial charge in [0.05, 0.1) is 35.6 Å². The van der Waals surface area contributed by atoms with Gasteiger partial charge >= 0.3 is 30.0 Å². The van der Waals surface area contributed by atoms with Crippen LogP contribution in [0.15, 0.2) is 126 Å². The summed E-state index contributed by atoms with van der Waals surface area (Å²) in [6, 6.07) is 25.3. The molecule has 0 spiro atoms. The highest BCUT2D eigenvalue weighted by Crippen LogP contribution is 2.64. The van der Waals surface area contributed by atoms with Gasteiger partial charge in [0.2, 0.25) is 23.8 Å². The van der Waals surface area contributed by atoms with Crippen molar-refractivity contribution in [3.05, 3.63) is 149 Å². The molecule has 1 heterocycles. The Hall–Kier alpha value is -8.88. The molecule has 25 heteroatoms. The third kappa shape index (κ3) is 16.1. The topological polar surface area (TPSA) is 376 Å². The second-order valence-corrected chi connectivity index (χ2v) is 27.0. The monoisotopic (exact) mass is 1340 g/mol. The molecule has 2 saturated carbocycles. The predicted molar refractivity (Wildman–Crippen MR) is 351 cm³/mol. The van der Waals surface area contributed by atoms with Gasteiger partial charge in [0.15, 0.2) is 17.5 Å². The number of ether oxygens (including phenoxy) is 7. The lowest BCUT2D eigenvalue weighted by atomic mass is 9.44. The molecule has 4 aliphatic rings. The van der Waals surface area contributed by atoms with Crippen LogP contribution in [-0.2, 0) is 73.3 Å². The standard InChI is InChI=1S/C72H90N6O19/c1-39(2)34-50(77-65(86)55(74)40(3)4)64(85)76-49(28-20-21-33-73)63(84)75-48-31-29-44(30-32-48)37-91-68(89)95-58(56(45-22-14-11-15-23-45)78-62(83)46-24-16-12-17-25-46)67(88)94-51-36-72(90)61(96-66(87)47-26-18-13-19-27-47)59-70(10,52(81)35-53-71(59,38-92-53)97-43(7)80)60(82)57(93-42(6)79)54(41(51)5)69(72,8)9/h11-19,22-27,29-32,39-40,49-53,55-59,61,81,90H,20-21,28,33-38,73-74H2,1-10H3,(H,75,84)(H,76,85)(H,77,86)(H,78,83)/t49-,50-,51?,52-,53+,55+,56?,57+,58+,59-,61-,70+,71-,72+/m0/s1. The second-order valence-electron chi connectivity index (χ2n) is 27.0. The first-order valence-electron chi connectivity index (χ1n) is 32.7. The van der Waals surface area contributed by atoms with Crippen molar-refractivity contribution < 1.29 is 91.3 Å². The Labute approximate surface area is 563 Å². The van der Waals surface area contributed by atoms with Crippen LogP contribution in [0.2, 0.25) is 0 Å². The maximum absolute atomic E-state index is 15.9. The lowest BCUT2D eigenvalue weighted by Crippen LogP contribution is -2.82. The molecule has 10 N–H and O–H groups in total. The van der Waals surface area contributed by atoms with Gasteiger partial charge in [-0.15, -0.1) is 0 Å². The number of rotatable bonds is 26. The second kappa shape index (κ2) is 31.1. The van der Waals surface area contributed by atoms with Crippen LogP contribution in [0.5, 0.6) is 0 Å². The zero-order valence-corrected chi connectivity index (χ0v) is 56.3. The third-order valence-electron chi connectivity index (χ3n) is 19.2. The molecule has 522 valence electrons. The summed E-state index contributed by atoms with van der Waals surface area (Å²) in [4.78, 5) is 142. The van der Waals surface area contributed by atoms with E-state index in [1.807, 2.05) is 13.8 Å². The zero-order chi connectivity index (χ0) is 70.9. The largest absolute Gasteiger partial charge is 0.509 e. The molecule has 4 amide bonds. The fourth-order valence-electron chi connectivity index (χ4n) is 13.8. The number of hydrogen-bond donors (Lipinski definition) is 8. The number of hydrogen-bond acceptors (Lipinski definition) is 21. The summed E-state index contributed by atoms with van der Waals surface area (Å²) in [5.74, 6) is -9.30. The Morgan fingerprint density at radius 3 is 1.91 bits per heavy atom. The lowest BCUT2D eigenvalue weighted by Gasteiger charge is -2.67. The van der Waals surface area contributed by atoms with Gasteiger partial charge < -0.3 is 76.1 Å². The maximum atomic E-state index is 15.9. The minimum absolute atomic E-state index is 0.00515. The zero-order valence-electron chi connectivity index (χ0n) is 56.3. The highest BCUT2D eigenvalue weighted by Gasteiger charge is 2.78. The number of carbonyl (C=O) groups is 10. The van der Waals surface area contributed by atoms with Crippen LogP contribution in [-0.4, -0.2) is 149 Å². The molecule has 25 nitrogen and oxygen atoms in total. The number of ketones is 1. The van der Waals surface area contributed by atoms with Crippen LogP contribution in [0.3, 0.4) is 0 Å². The molecule has 2 unspecified atom stereocenters. The number of unbranched alkanes of at least 4 members (excludes halogenated alkanes) is 1. The maximum Gasteiger partial charge on any atom is 0.509 e. The molecule has 0 aromatic heterocycles. The first kappa shape index (κ1) is 73.9. The molecule has 14 atom stereocenters. The number of benzene rings is 4. The van der Waals surface area contributed by atoms with Crippen LogP contribution in [0.1, 0.15) is 146 Å². The van der Waals surface area contributed by atoms with E-state index in [1.165, 1.54) is 76.2 Å². The quantitative estimate of drug-likeness (QED) is 0.0151. The van der Waals surface area contributed by atoms with Gasteiger partial charge in [0.1, 0.15) is 48.6 Å². The summed E-state index contributed by atoms with van der Waals surface area (Å²) in [6.45, 7) is 14.9. The van der Waals surface area contributed by atoms with E-state index >= 15 is 9.59 Å².